The Labute approximate surface area is 832 Å². The molecule has 5 N–H and O–H groups in total. The molecule has 10 aromatic rings. The Morgan fingerprint density at radius 2 is 0.760 bits per heavy atom. The molecule has 0 amide bonds. The van der Waals surface area contributed by atoms with Crippen molar-refractivity contribution >= 4 is 58.5 Å². The van der Waals surface area contributed by atoms with Gasteiger partial charge in [-0.15, -0.1) is 162 Å². The number of amidine groups is 5. The van der Waals surface area contributed by atoms with Gasteiger partial charge in [-0.2, -0.15) is 0 Å². The van der Waals surface area contributed by atoms with Crippen molar-refractivity contribution < 1.29 is 192 Å². The van der Waals surface area contributed by atoms with Gasteiger partial charge in [-0.1, -0.05) is 65.7 Å². The van der Waals surface area contributed by atoms with Crippen LogP contribution in [-0.4, -0.2) is 229 Å². The van der Waals surface area contributed by atoms with Crippen LogP contribution in [-0.2, 0) is 149 Å². The Balaban J connectivity index is 0. The number of carbonyl (C=O) groups excluding carboxylic acids is 3. The van der Waals surface area contributed by atoms with Gasteiger partial charge in [-0.25, -0.2) is 19.6 Å². The Morgan fingerprint density at radius 1 is 0.403 bits per heavy atom. The number of pyridine rings is 2. The van der Waals surface area contributed by atoms with Gasteiger partial charge in [0.05, 0.1) is 30.7 Å². The van der Waals surface area contributed by atoms with Gasteiger partial charge < -0.3 is 84.3 Å². The molecule has 35 heteroatoms. The van der Waals surface area contributed by atoms with Crippen LogP contribution in [0.1, 0.15) is 95.9 Å². The quantitative estimate of drug-likeness (QED) is 0.0292. The Bertz CT molecular complexity index is 5050. The van der Waals surface area contributed by atoms with Gasteiger partial charge in [0.1, 0.15) is 11.4 Å². The molecule has 0 aliphatic carbocycles. The summed E-state index contributed by atoms with van der Waals surface area (Å²) in [6.45, 7) is 18.0. The molecule has 0 spiro atoms. The van der Waals surface area contributed by atoms with Crippen LogP contribution in [0.3, 0.4) is 0 Å². The van der Waals surface area contributed by atoms with E-state index in [2.05, 4.69) is 128 Å². The predicted octanol–water partition coefficient (Wildman–Crippen LogP) is 14.6. The van der Waals surface area contributed by atoms with E-state index in [1.54, 1.807) is 37.7 Å². The molecule has 7 aromatic carbocycles. The third-order valence-corrected chi connectivity index (χ3v) is 16.4. The van der Waals surface area contributed by atoms with E-state index in [0.717, 1.165) is 134 Å². The van der Waals surface area contributed by atoms with Crippen molar-refractivity contribution in [1.29, 1.82) is 0 Å². The van der Waals surface area contributed by atoms with Crippen LogP contribution < -0.4 is 4.74 Å². The average Bonchev–Trinajstić information content (AvgIpc) is 1.67. The number of halogens is 4. The number of rotatable bonds is 14. The number of allylic oxidation sites excluding steroid dienone is 6. The molecule has 0 fully saturated rings. The third kappa shape index (κ3) is 47.0. The van der Waals surface area contributed by atoms with Gasteiger partial charge in [0.15, 0.2) is 17.3 Å². The number of aliphatic hydroxyl groups excluding tert-OH is 3. The third-order valence-electron chi connectivity index (χ3n) is 16.4. The van der Waals surface area contributed by atoms with Crippen molar-refractivity contribution in [2.75, 3.05) is 101 Å². The van der Waals surface area contributed by atoms with Gasteiger partial charge in [-0.3, -0.25) is 36.9 Å². The largest absolute Gasteiger partial charge is 0.540 e. The topological polar surface area (TPSA) is 317 Å². The number of ketones is 3. The fourth-order valence-corrected chi connectivity index (χ4v) is 10.9. The first-order chi connectivity index (χ1) is 58.8. The van der Waals surface area contributed by atoms with Gasteiger partial charge in [-0.05, 0) is 106 Å². The Kier molecular flexibility index (Phi) is 62.3. The number of hydrogen-bond acceptors (Lipinski definition) is 22. The number of ether oxygens (including phenoxy) is 1. The molecule has 0 unspecified atom stereocenters. The number of likely N-dealkylation sites (N-methyl/N-ethyl adjacent to an activating group) is 4. The van der Waals surface area contributed by atoms with Gasteiger partial charge >= 0.3 is 11.9 Å². The number of hydrogen-bond donors (Lipinski definition) is 5. The van der Waals surface area contributed by atoms with E-state index in [-0.39, 0.29) is 178 Å². The first-order valence-electron chi connectivity index (χ1n) is 38.3. The monoisotopic (exact) mass is 2830 g/mol. The van der Waals surface area contributed by atoms with Crippen molar-refractivity contribution in [3.8, 4) is 17.0 Å². The first kappa shape index (κ1) is 120. The van der Waals surface area contributed by atoms with Crippen molar-refractivity contribution in [3.05, 3.63) is 347 Å². The maximum absolute atomic E-state index is 13.3. The molecule has 5 aliphatic rings. The number of nitrogens with zero attached hydrogens (tertiary/aromatic N) is 14. The number of carboxylic acid groups (broad SMARTS) is 2. The van der Waals surface area contributed by atoms with E-state index in [0.29, 0.717) is 24.8 Å². The molecule has 15 rings (SSSR count). The second-order valence-electron chi connectivity index (χ2n) is 26.8. The summed E-state index contributed by atoms with van der Waals surface area (Å²) in [5.74, 6) is 0.441. The average molecular weight is 2830 g/mol. The number of carbonyl (C=O) groups is 5. The number of aromatic nitrogens is 4. The SMILES string of the molecule is CC(=O)C=C(C)O.CC(=O)C=C(C)O.CC(=O)C=C(C)O.CN1CCN=C1c1[c-]cc(F)cc1F.CN1CCN=C1c1[c-]cc(F)cc1F.CN1CCN=C1c1[c-]cccc1.COc1c[c-]c(C2=NCCN2C)cc1.Cn1cnc(-c2[c-]cccc2)c1.O=C(O)c1ccccn1.O=C(O)c1ccccn1.[Ir].[Ir].[Ir].[Ir].[Ir].[Ir].[c-]1ccccc1C1=NCCN1Cc1ccccc1. The fourth-order valence-electron chi connectivity index (χ4n) is 10.9. The predicted molar refractivity (Wildman–Crippen MR) is 468 cm³/mol. The zero-order valence-electron chi connectivity index (χ0n) is 72.6. The number of aryl methyl sites for hydroxylation is 1. The smallest absolute Gasteiger partial charge is 0.354 e. The molecule has 8 heterocycles. The summed E-state index contributed by atoms with van der Waals surface area (Å²) in [6.07, 6.45) is 10.2. The molecule has 5 aliphatic heterocycles. The van der Waals surface area contributed by atoms with E-state index in [1.807, 2.05) is 140 Å². The molecule has 0 saturated heterocycles. The van der Waals surface area contributed by atoms with E-state index in [9.17, 15) is 41.5 Å². The molecular weight excluding hydrogens is 2730 g/mol. The number of imidazole rings is 1. The summed E-state index contributed by atoms with van der Waals surface area (Å²) >= 11 is 0. The first-order valence-corrected chi connectivity index (χ1v) is 38.3. The Morgan fingerprint density at radius 3 is 1.05 bits per heavy atom. The van der Waals surface area contributed by atoms with Gasteiger partial charge in [0.25, 0.3) is 0 Å². The normalized spacial score (nSPS) is 12.8. The van der Waals surface area contributed by atoms with Crippen molar-refractivity contribution in [2.24, 2.45) is 32.0 Å². The summed E-state index contributed by atoms with van der Waals surface area (Å²) in [4.78, 5) is 93.6. The summed E-state index contributed by atoms with van der Waals surface area (Å²) in [5.41, 5.74) is 7.20. The fraction of sp³-hybridized carbons (Fsp3) is 0.245. The van der Waals surface area contributed by atoms with E-state index in [4.69, 9.17) is 30.3 Å². The van der Waals surface area contributed by atoms with Crippen molar-refractivity contribution in [3.63, 3.8) is 0 Å². The van der Waals surface area contributed by atoms with E-state index < -0.39 is 35.2 Å². The van der Waals surface area contributed by atoms with E-state index >= 15 is 0 Å². The maximum atomic E-state index is 13.3. The zero-order chi connectivity index (χ0) is 90.2. The second-order valence-corrected chi connectivity index (χ2v) is 26.8. The second kappa shape index (κ2) is 66.7. The zero-order valence-corrected chi connectivity index (χ0v) is 87.0. The molecule has 700 valence electrons. The molecular formula is C94H100F4Ir6N14O11-6. The summed E-state index contributed by atoms with van der Waals surface area (Å²) in [5, 5.41) is 41.7. The van der Waals surface area contributed by atoms with Crippen LogP contribution in [0.5, 0.6) is 5.75 Å². The minimum atomic E-state index is -0.990. The number of methoxy groups -OCH3 is 1. The van der Waals surface area contributed by atoms with E-state index in [1.165, 1.54) is 89.9 Å². The van der Waals surface area contributed by atoms with Crippen molar-refractivity contribution in [1.82, 2.24) is 44.0 Å². The van der Waals surface area contributed by atoms with Crippen LogP contribution in [0.25, 0.3) is 11.3 Å². The summed E-state index contributed by atoms with van der Waals surface area (Å²) in [6, 6.07) is 71.4. The van der Waals surface area contributed by atoms with Crippen molar-refractivity contribution in [2.45, 2.75) is 48.1 Å². The van der Waals surface area contributed by atoms with Crippen LogP contribution in [0, 0.1) is 59.7 Å². The van der Waals surface area contributed by atoms with Gasteiger partial charge in [0, 0.05) is 294 Å². The molecule has 129 heavy (non-hydrogen) atoms. The van der Waals surface area contributed by atoms with Crippen LogP contribution in [0.4, 0.5) is 17.6 Å². The number of aliphatic hydroxyl groups is 3. The molecule has 0 saturated carbocycles. The summed E-state index contributed by atoms with van der Waals surface area (Å²) in [7, 11) is 11.4. The molecule has 3 aromatic heterocycles. The maximum Gasteiger partial charge on any atom is 0.354 e. The summed E-state index contributed by atoms with van der Waals surface area (Å²) < 4.78 is 58.8. The number of carboxylic acids is 2. The number of aliphatic imine (C=N–C) groups is 5. The number of aromatic carboxylic acids is 2. The van der Waals surface area contributed by atoms with Crippen LogP contribution >= 0.6 is 0 Å². The molecule has 25 nitrogen and oxygen atoms in total. The minimum absolute atomic E-state index is 0. The molecule has 0 bridgehead atoms. The van der Waals surface area contributed by atoms with Crippen LogP contribution in [0.2, 0.25) is 0 Å². The van der Waals surface area contributed by atoms with Crippen LogP contribution in [0.15, 0.2) is 267 Å². The van der Waals surface area contributed by atoms with Gasteiger partial charge in [0.2, 0.25) is 0 Å². The molecule has 6 radical (unpaired) electrons. The standard InChI is InChI=1S/C16H15N2.C11H13N2O.2C10H9F2N2.C10H9N2.C10H11N2.2C6H5NO2.3C5H8O2.6Ir/c1-3-7-14(8-4-1)13-18-12-11-17-16(18)15-9-5-2-6-10-15;1-13-8-7-12-11(13)9-3-5-10(14-2)6-4-9;2*1-14-5-4-13-10(14)8-3-2-7(11)6-9(8)12;1-12-7-10(11-8-12)9-5-3-2-4-6-9;1-12-8-7-11-10(12)9-5-3-2-4-6-9;2*8-6(9)5-3-1-2-4-7-5;3*1-4(6)3-5(2)7;;;;;;/h1-9H,11-13H2;3,5-6H,7-8H2,1-2H3;2*2,6H,4-5H2,1H3;2-5,7-8H,1H3;2-5H,7-8H2,1H3;2*1-4H,(H,8,9);3*3,6H,1-2H3;;;;;;/q6*-1;;;;;;;;;;;. The minimum Gasteiger partial charge on any atom is -0.540 e. The molecule has 0 atom stereocenters. The number of benzene rings is 7. The Hall–Kier alpha value is -10.6.